The first-order valence-electron chi connectivity index (χ1n) is 6.01. The van der Waals surface area contributed by atoms with Gasteiger partial charge in [0.25, 0.3) is 0 Å². The van der Waals surface area contributed by atoms with Crippen molar-refractivity contribution < 1.29 is 14.1 Å². The molecule has 94 valence electrons. The Morgan fingerprint density at radius 2 is 2.29 bits per heavy atom. The Kier molecular flexibility index (Phi) is 3.28. The molecule has 5 heteroatoms. The average Bonchev–Trinajstić information content (AvgIpc) is 2.88. The lowest BCUT2D eigenvalue weighted by Gasteiger charge is -2.17. The Morgan fingerprint density at radius 1 is 1.53 bits per heavy atom. The van der Waals surface area contributed by atoms with E-state index in [0.717, 1.165) is 19.4 Å². The van der Waals surface area contributed by atoms with Crippen LogP contribution in [0.3, 0.4) is 0 Å². The molecule has 0 amide bonds. The zero-order valence-corrected chi connectivity index (χ0v) is 10.5. The molecule has 0 radical (unpaired) electrons. The molecular formula is C12H18N2O3. The lowest BCUT2D eigenvalue weighted by molar-refractivity contribution is -0.121. The van der Waals surface area contributed by atoms with Gasteiger partial charge in [0.05, 0.1) is 6.42 Å². The van der Waals surface area contributed by atoms with E-state index in [1.165, 1.54) is 0 Å². The van der Waals surface area contributed by atoms with Gasteiger partial charge in [0.2, 0.25) is 11.7 Å². The molecule has 0 aromatic carbocycles. The predicted octanol–water partition coefficient (Wildman–Crippen LogP) is 1.86. The molecule has 1 aromatic rings. The zero-order valence-electron chi connectivity index (χ0n) is 10.5. The number of Topliss-reactive ketones (excluding diaryl/α,β-unsaturated/α-hetero) is 1. The van der Waals surface area contributed by atoms with Crippen LogP contribution in [0.5, 0.6) is 0 Å². The topological polar surface area (TPSA) is 65.2 Å². The number of ether oxygens (including phenoxy) is 1. The van der Waals surface area contributed by atoms with E-state index < -0.39 is 5.60 Å². The number of nitrogens with zero attached hydrogens (tertiary/aromatic N) is 2. The summed E-state index contributed by atoms with van der Waals surface area (Å²) in [6, 6.07) is 0. The van der Waals surface area contributed by atoms with Crippen LogP contribution >= 0.6 is 0 Å². The van der Waals surface area contributed by atoms with Gasteiger partial charge in [0.1, 0.15) is 11.4 Å². The van der Waals surface area contributed by atoms with E-state index in [1.807, 2.05) is 20.8 Å². The van der Waals surface area contributed by atoms with Crippen molar-refractivity contribution in [3.8, 4) is 0 Å². The van der Waals surface area contributed by atoms with Crippen LogP contribution in [0.25, 0.3) is 0 Å². The minimum atomic E-state index is -0.442. The summed E-state index contributed by atoms with van der Waals surface area (Å²) in [7, 11) is 0. The number of hydrogen-bond acceptors (Lipinski definition) is 5. The van der Waals surface area contributed by atoms with Gasteiger partial charge < -0.3 is 9.26 Å². The summed E-state index contributed by atoms with van der Waals surface area (Å²) in [6.45, 7) is 6.41. The minimum Gasteiger partial charge on any atom is -0.367 e. The molecule has 0 bridgehead atoms. The molecule has 0 N–H and O–H groups in total. The number of aromatic nitrogens is 2. The van der Waals surface area contributed by atoms with E-state index in [1.54, 1.807) is 0 Å². The predicted molar refractivity (Wildman–Crippen MR) is 60.4 cm³/mol. The molecule has 5 nitrogen and oxygen atoms in total. The molecule has 1 aliphatic rings. The highest BCUT2D eigenvalue weighted by Gasteiger charge is 2.36. The standard InChI is InChI=1S/C12H18N2O3/c1-8(2)9(15)7-10-13-11(14-17-10)12(3)5-4-6-16-12/h8H,4-7H2,1-3H3. The first-order chi connectivity index (χ1) is 8.01. The van der Waals surface area contributed by atoms with Gasteiger partial charge in [-0.15, -0.1) is 0 Å². The van der Waals surface area contributed by atoms with Crippen molar-refractivity contribution in [3.05, 3.63) is 11.7 Å². The van der Waals surface area contributed by atoms with Crippen molar-refractivity contribution in [3.63, 3.8) is 0 Å². The Balaban J connectivity index is 2.08. The molecule has 1 unspecified atom stereocenters. The molecular weight excluding hydrogens is 220 g/mol. The largest absolute Gasteiger partial charge is 0.367 e. The molecule has 2 rings (SSSR count). The molecule has 1 saturated heterocycles. The van der Waals surface area contributed by atoms with Gasteiger partial charge in [0, 0.05) is 12.5 Å². The van der Waals surface area contributed by atoms with Crippen LogP contribution in [-0.2, 0) is 21.6 Å². The fourth-order valence-electron chi connectivity index (χ4n) is 1.85. The molecule has 2 heterocycles. The molecule has 1 fully saturated rings. The van der Waals surface area contributed by atoms with Crippen LogP contribution in [0, 0.1) is 5.92 Å². The monoisotopic (exact) mass is 238 g/mol. The first-order valence-corrected chi connectivity index (χ1v) is 6.01. The van der Waals surface area contributed by atoms with Crippen LogP contribution in [0.1, 0.15) is 45.3 Å². The average molecular weight is 238 g/mol. The number of ketones is 1. The summed E-state index contributed by atoms with van der Waals surface area (Å²) < 4.78 is 10.7. The van der Waals surface area contributed by atoms with E-state index in [9.17, 15) is 4.79 Å². The third-order valence-corrected chi connectivity index (χ3v) is 3.13. The highest BCUT2D eigenvalue weighted by Crippen LogP contribution is 2.33. The zero-order chi connectivity index (χ0) is 12.5. The number of hydrogen-bond donors (Lipinski definition) is 0. The summed E-state index contributed by atoms with van der Waals surface area (Å²) in [5.41, 5.74) is -0.442. The van der Waals surface area contributed by atoms with Crippen LogP contribution in [0.15, 0.2) is 4.52 Å². The molecule has 1 aromatic heterocycles. The third kappa shape index (κ3) is 2.54. The van der Waals surface area contributed by atoms with E-state index >= 15 is 0 Å². The second kappa shape index (κ2) is 4.56. The van der Waals surface area contributed by atoms with Gasteiger partial charge in [-0.2, -0.15) is 4.98 Å². The Morgan fingerprint density at radius 3 is 2.88 bits per heavy atom. The van der Waals surface area contributed by atoms with Crippen LogP contribution in [0.4, 0.5) is 0 Å². The summed E-state index contributed by atoms with van der Waals surface area (Å²) in [5, 5.41) is 3.92. The van der Waals surface area contributed by atoms with Gasteiger partial charge in [-0.3, -0.25) is 4.79 Å². The summed E-state index contributed by atoms with van der Waals surface area (Å²) >= 11 is 0. The quantitative estimate of drug-likeness (QED) is 0.801. The molecule has 0 saturated carbocycles. The van der Waals surface area contributed by atoms with Gasteiger partial charge in [0.15, 0.2) is 0 Å². The number of carbonyl (C=O) groups is 1. The normalized spacial score (nSPS) is 24.5. The molecule has 17 heavy (non-hydrogen) atoms. The second-order valence-corrected chi connectivity index (χ2v) is 4.99. The van der Waals surface area contributed by atoms with Crippen molar-refractivity contribution >= 4 is 5.78 Å². The summed E-state index contributed by atoms with van der Waals surface area (Å²) in [4.78, 5) is 15.8. The Hall–Kier alpha value is -1.23. The van der Waals surface area contributed by atoms with Crippen molar-refractivity contribution in [1.29, 1.82) is 0 Å². The Labute approximate surface area is 101 Å². The third-order valence-electron chi connectivity index (χ3n) is 3.13. The Bertz CT molecular complexity index is 406. The van der Waals surface area contributed by atoms with E-state index in [4.69, 9.17) is 9.26 Å². The van der Waals surface area contributed by atoms with Crippen LogP contribution < -0.4 is 0 Å². The van der Waals surface area contributed by atoms with Crippen molar-refractivity contribution in [1.82, 2.24) is 10.1 Å². The van der Waals surface area contributed by atoms with Gasteiger partial charge in [-0.25, -0.2) is 0 Å². The van der Waals surface area contributed by atoms with Crippen molar-refractivity contribution in [2.24, 2.45) is 5.92 Å². The lowest BCUT2D eigenvalue weighted by atomic mass is 10.0. The second-order valence-electron chi connectivity index (χ2n) is 4.99. The van der Waals surface area contributed by atoms with Crippen LogP contribution in [0.2, 0.25) is 0 Å². The maximum Gasteiger partial charge on any atom is 0.234 e. The molecule has 1 aliphatic heterocycles. The fraction of sp³-hybridized carbons (Fsp3) is 0.750. The fourth-order valence-corrected chi connectivity index (χ4v) is 1.85. The summed E-state index contributed by atoms with van der Waals surface area (Å²) in [5.74, 6) is 1.04. The SMILES string of the molecule is CC(C)C(=O)Cc1nc(C2(C)CCCO2)no1. The first kappa shape index (κ1) is 12.2. The van der Waals surface area contributed by atoms with E-state index in [0.29, 0.717) is 11.7 Å². The van der Waals surface area contributed by atoms with Gasteiger partial charge in [-0.05, 0) is 19.8 Å². The maximum atomic E-state index is 11.6. The molecule has 0 spiro atoms. The minimum absolute atomic E-state index is 0.0105. The van der Waals surface area contributed by atoms with Crippen molar-refractivity contribution in [2.45, 2.75) is 45.6 Å². The smallest absolute Gasteiger partial charge is 0.234 e. The van der Waals surface area contributed by atoms with Gasteiger partial charge in [-0.1, -0.05) is 19.0 Å². The van der Waals surface area contributed by atoms with E-state index in [-0.39, 0.29) is 18.1 Å². The van der Waals surface area contributed by atoms with Crippen LogP contribution in [-0.4, -0.2) is 22.5 Å². The van der Waals surface area contributed by atoms with E-state index in [2.05, 4.69) is 10.1 Å². The van der Waals surface area contributed by atoms with Gasteiger partial charge >= 0.3 is 0 Å². The van der Waals surface area contributed by atoms with Crippen molar-refractivity contribution in [2.75, 3.05) is 6.61 Å². The number of carbonyl (C=O) groups excluding carboxylic acids is 1. The molecule has 1 atom stereocenters. The maximum absolute atomic E-state index is 11.6. The molecule has 0 aliphatic carbocycles. The number of rotatable bonds is 4. The lowest BCUT2D eigenvalue weighted by Crippen LogP contribution is -2.21. The summed E-state index contributed by atoms with van der Waals surface area (Å²) in [6.07, 6.45) is 2.11. The highest BCUT2D eigenvalue weighted by atomic mass is 16.5. The highest BCUT2D eigenvalue weighted by molar-refractivity contribution is 5.81.